The lowest BCUT2D eigenvalue weighted by molar-refractivity contribution is -0.136. The van der Waals surface area contributed by atoms with Crippen LogP contribution in [0.25, 0.3) is 0 Å². The number of nitrogens with one attached hydrogen (secondary N) is 2. The molecule has 2 amide bonds. The Kier molecular flexibility index (Phi) is 5.38. The fraction of sp³-hybridized carbons (Fsp3) is 0.125. The summed E-state index contributed by atoms with van der Waals surface area (Å²) >= 11 is 5.75. The normalized spacial score (nSPS) is 9.91. The van der Waals surface area contributed by atoms with Crippen LogP contribution in [-0.2, 0) is 16.1 Å². The minimum absolute atomic E-state index is 0.240. The molecule has 0 aromatic heterocycles. The van der Waals surface area contributed by atoms with E-state index in [1.54, 1.807) is 43.5 Å². The Bertz CT molecular complexity index is 671. The van der Waals surface area contributed by atoms with Gasteiger partial charge in [0.1, 0.15) is 5.75 Å². The lowest BCUT2D eigenvalue weighted by atomic mass is 10.2. The van der Waals surface area contributed by atoms with Crippen molar-refractivity contribution in [3.63, 3.8) is 0 Å². The van der Waals surface area contributed by atoms with Crippen molar-refractivity contribution in [3.8, 4) is 5.75 Å². The van der Waals surface area contributed by atoms with E-state index in [2.05, 4.69) is 10.6 Å². The zero-order chi connectivity index (χ0) is 15.9. The number of hydrogen-bond donors (Lipinski definition) is 2. The van der Waals surface area contributed by atoms with E-state index in [4.69, 9.17) is 16.3 Å². The summed E-state index contributed by atoms with van der Waals surface area (Å²) in [6.07, 6.45) is 0. The SMILES string of the molecule is COc1cccc(CNC(=O)C(=O)Nc2ccc(Cl)cc2)c1. The molecule has 0 saturated carbocycles. The van der Waals surface area contributed by atoms with Gasteiger partial charge in [0, 0.05) is 17.3 Å². The minimum Gasteiger partial charge on any atom is -0.497 e. The van der Waals surface area contributed by atoms with Gasteiger partial charge in [-0.3, -0.25) is 9.59 Å². The van der Waals surface area contributed by atoms with E-state index in [9.17, 15) is 9.59 Å². The third-order valence-electron chi connectivity index (χ3n) is 2.90. The van der Waals surface area contributed by atoms with E-state index in [1.807, 2.05) is 12.1 Å². The zero-order valence-corrected chi connectivity index (χ0v) is 12.7. The minimum atomic E-state index is -0.731. The second-order valence-corrected chi connectivity index (χ2v) is 4.93. The second-order valence-electron chi connectivity index (χ2n) is 4.50. The number of carbonyl (C=O) groups excluding carboxylic acids is 2. The van der Waals surface area contributed by atoms with Crippen LogP contribution in [0.5, 0.6) is 5.75 Å². The third-order valence-corrected chi connectivity index (χ3v) is 3.15. The van der Waals surface area contributed by atoms with E-state index in [-0.39, 0.29) is 6.54 Å². The average molecular weight is 319 g/mol. The highest BCUT2D eigenvalue weighted by Gasteiger charge is 2.13. The molecule has 2 aromatic rings. The smallest absolute Gasteiger partial charge is 0.313 e. The molecule has 5 nitrogen and oxygen atoms in total. The van der Waals surface area contributed by atoms with E-state index < -0.39 is 11.8 Å². The van der Waals surface area contributed by atoms with E-state index >= 15 is 0 Å². The van der Waals surface area contributed by atoms with Crippen molar-refractivity contribution in [1.29, 1.82) is 0 Å². The van der Waals surface area contributed by atoms with Gasteiger partial charge >= 0.3 is 11.8 Å². The summed E-state index contributed by atoms with van der Waals surface area (Å²) in [5, 5.41) is 5.60. The number of anilines is 1. The molecule has 22 heavy (non-hydrogen) atoms. The topological polar surface area (TPSA) is 67.4 Å². The van der Waals surface area contributed by atoms with Crippen LogP contribution in [-0.4, -0.2) is 18.9 Å². The fourth-order valence-electron chi connectivity index (χ4n) is 1.77. The first kappa shape index (κ1) is 15.9. The molecule has 0 saturated heterocycles. The summed E-state index contributed by atoms with van der Waals surface area (Å²) in [7, 11) is 1.57. The molecule has 0 aliphatic rings. The Hall–Kier alpha value is -2.53. The Morgan fingerprint density at radius 2 is 1.82 bits per heavy atom. The van der Waals surface area contributed by atoms with Gasteiger partial charge < -0.3 is 15.4 Å². The van der Waals surface area contributed by atoms with Crippen molar-refractivity contribution in [2.45, 2.75) is 6.54 Å². The molecule has 0 radical (unpaired) electrons. The molecule has 2 rings (SSSR count). The number of rotatable bonds is 4. The summed E-state index contributed by atoms with van der Waals surface area (Å²) in [4.78, 5) is 23.5. The average Bonchev–Trinajstić information content (AvgIpc) is 2.54. The molecular formula is C16H15ClN2O3. The number of carbonyl (C=O) groups is 2. The maximum Gasteiger partial charge on any atom is 0.313 e. The molecule has 0 bridgehead atoms. The van der Waals surface area contributed by atoms with Gasteiger partial charge in [0.15, 0.2) is 0 Å². The fourth-order valence-corrected chi connectivity index (χ4v) is 1.89. The highest BCUT2D eigenvalue weighted by atomic mass is 35.5. The summed E-state index contributed by atoms with van der Waals surface area (Å²) in [5.74, 6) is -0.750. The first-order chi connectivity index (χ1) is 10.6. The van der Waals surface area contributed by atoms with Crippen molar-refractivity contribution in [2.24, 2.45) is 0 Å². The predicted octanol–water partition coefficient (Wildman–Crippen LogP) is 2.60. The predicted molar refractivity (Wildman–Crippen MR) is 84.9 cm³/mol. The highest BCUT2D eigenvalue weighted by Crippen LogP contribution is 2.14. The van der Waals surface area contributed by atoms with Gasteiger partial charge in [-0.05, 0) is 42.0 Å². The maximum atomic E-state index is 11.8. The van der Waals surface area contributed by atoms with Crippen LogP contribution in [0.4, 0.5) is 5.69 Å². The molecule has 0 aliphatic carbocycles. The Labute approximate surface area is 133 Å². The van der Waals surface area contributed by atoms with Crippen molar-refractivity contribution >= 4 is 29.1 Å². The van der Waals surface area contributed by atoms with Crippen LogP contribution in [0.1, 0.15) is 5.56 Å². The number of benzene rings is 2. The maximum absolute atomic E-state index is 11.8. The van der Waals surface area contributed by atoms with Crippen LogP contribution in [0.15, 0.2) is 48.5 Å². The molecule has 0 heterocycles. The van der Waals surface area contributed by atoms with Gasteiger partial charge in [-0.25, -0.2) is 0 Å². The molecule has 0 aliphatic heterocycles. The van der Waals surface area contributed by atoms with Crippen LogP contribution in [0.2, 0.25) is 5.02 Å². The van der Waals surface area contributed by atoms with Gasteiger partial charge in [-0.2, -0.15) is 0 Å². The molecular weight excluding hydrogens is 304 g/mol. The molecule has 0 fully saturated rings. The van der Waals surface area contributed by atoms with Crippen molar-refractivity contribution in [3.05, 3.63) is 59.1 Å². The number of ether oxygens (including phenoxy) is 1. The molecule has 6 heteroatoms. The van der Waals surface area contributed by atoms with Crippen molar-refractivity contribution in [1.82, 2.24) is 5.32 Å². The van der Waals surface area contributed by atoms with Crippen molar-refractivity contribution in [2.75, 3.05) is 12.4 Å². The first-order valence-corrected chi connectivity index (χ1v) is 6.94. The summed E-state index contributed by atoms with van der Waals surface area (Å²) in [5.41, 5.74) is 1.35. The quantitative estimate of drug-likeness (QED) is 0.852. The lowest BCUT2D eigenvalue weighted by Crippen LogP contribution is -2.34. The number of hydrogen-bond acceptors (Lipinski definition) is 3. The Balaban J connectivity index is 1.88. The number of halogens is 1. The third kappa shape index (κ3) is 4.49. The molecule has 114 valence electrons. The zero-order valence-electron chi connectivity index (χ0n) is 11.9. The second kappa shape index (κ2) is 7.47. The van der Waals surface area contributed by atoms with E-state index in [1.165, 1.54) is 0 Å². The Morgan fingerprint density at radius 1 is 1.09 bits per heavy atom. The lowest BCUT2D eigenvalue weighted by Gasteiger charge is -2.07. The van der Waals surface area contributed by atoms with Crippen LogP contribution >= 0.6 is 11.6 Å². The first-order valence-electron chi connectivity index (χ1n) is 6.56. The number of methoxy groups -OCH3 is 1. The van der Waals surface area contributed by atoms with Crippen LogP contribution in [0, 0.1) is 0 Å². The van der Waals surface area contributed by atoms with E-state index in [0.29, 0.717) is 16.5 Å². The van der Waals surface area contributed by atoms with Crippen LogP contribution in [0.3, 0.4) is 0 Å². The van der Waals surface area contributed by atoms with Gasteiger partial charge in [0.05, 0.1) is 7.11 Å². The molecule has 2 N–H and O–H groups in total. The van der Waals surface area contributed by atoms with Crippen LogP contribution < -0.4 is 15.4 Å². The largest absolute Gasteiger partial charge is 0.497 e. The molecule has 0 atom stereocenters. The number of amides is 2. The highest BCUT2D eigenvalue weighted by molar-refractivity contribution is 6.39. The molecule has 0 unspecified atom stereocenters. The summed E-state index contributed by atoms with van der Waals surface area (Å²) in [6, 6.07) is 13.7. The molecule has 0 spiro atoms. The monoisotopic (exact) mass is 318 g/mol. The van der Waals surface area contributed by atoms with Crippen molar-refractivity contribution < 1.29 is 14.3 Å². The van der Waals surface area contributed by atoms with E-state index in [0.717, 1.165) is 5.56 Å². The van der Waals surface area contributed by atoms with Gasteiger partial charge in [0.25, 0.3) is 0 Å². The Morgan fingerprint density at radius 3 is 2.50 bits per heavy atom. The summed E-state index contributed by atoms with van der Waals surface area (Å²) in [6.45, 7) is 0.240. The van der Waals surface area contributed by atoms with Gasteiger partial charge in [-0.15, -0.1) is 0 Å². The summed E-state index contributed by atoms with van der Waals surface area (Å²) < 4.78 is 5.09. The molecule has 2 aromatic carbocycles. The van der Waals surface area contributed by atoms with Gasteiger partial charge in [0.2, 0.25) is 0 Å². The standard InChI is InChI=1S/C16H15ClN2O3/c1-22-14-4-2-3-11(9-14)10-18-15(20)16(21)19-13-7-5-12(17)6-8-13/h2-9H,10H2,1H3,(H,18,20)(H,19,21). The van der Waals surface area contributed by atoms with Gasteiger partial charge in [-0.1, -0.05) is 23.7 Å².